The second-order valence-electron chi connectivity index (χ2n) is 7.55. The Morgan fingerprint density at radius 1 is 1.19 bits per heavy atom. The highest BCUT2D eigenvalue weighted by Crippen LogP contribution is 2.33. The molecule has 0 spiro atoms. The molecule has 3 rings (SSSR count). The van der Waals surface area contributed by atoms with E-state index in [-0.39, 0.29) is 22.1 Å². The van der Waals surface area contributed by atoms with Crippen molar-refractivity contribution in [2.75, 3.05) is 5.75 Å². The van der Waals surface area contributed by atoms with Gasteiger partial charge in [0, 0.05) is 5.56 Å². The second kappa shape index (κ2) is 7.41. The van der Waals surface area contributed by atoms with Crippen LogP contribution in [0.25, 0.3) is 11.1 Å². The molecule has 2 aromatic rings. The Balaban J connectivity index is 1.76. The first-order valence-corrected chi connectivity index (χ1v) is 10.6. The van der Waals surface area contributed by atoms with Gasteiger partial charge in [-0.25, -0.2) is 12.8 Å². The van der Waals surface area contributed by atoms with Gasteiger partial charge in [0.05, 0.1) is 27.9 Å². The fourth-order valence-corrected chi connectivity index (χ4v) is 5.23. The van der Waals surface area contributed by atoms with Gasteiger partial charge in [-0.3, -0.25) is 0 Å². The molecular formula is C21H22FNO3S. The lowest BCUT2D eigenvalue weighted by atomic mass is 9.81. The first kappa shape index (κ1) is 19.5. The molecule has 0 saturated heterocycles. The third-order valence-corrected chi connectivity index (χ3v) is 7.16. The summed E-state index contributed by atoms with van der Waals surface area (Å²) in [5.41, 5.74) is 0.437. The normalized spacial score (nSPS) is 23.0. The number of halogens is 1. The molecule has 2 aromatic carbocycles. The lowest BCUT2D eigenvalue weighted by Gasteiger charge is -2.32. The van der Waals surface area contributed by atoms with Crippen molar-refractivity contribution in [1.29, 1.82) is 5.26 Å². The third-order valence-electron chi connectivity index (χ3n) is 5.26. The fourth-order valence-electron chi connectivity index (χ4n) is 3.53. The van der Waals surface area contributed by atoms with Crippen LogP contribution in [0.3, 0.4) is 0 Å². The van der Waals surface area contributed by atoms with Gasteiger partial charge in [0.2, 0.25) is 0 Å². The molecule has 0 amide bonds. The molecule has 1 aliphatic rings. The number of hydrogen-bond donors (Lipinski definition) is 1. The van der Waals surface area contributed by atoms with Crippen LogP contribution in [0.2, 0.25) is 0 Å². The first-order chi connectivity index (χ1) is 12.7. The summed E-state index contributed by atoms with van der Waals surface area (Å²) in [4.78, 5) is 0.220. The maximum Gasteiger partial charge on any atom is 0.178 e. The van der Waals surface area contributed by atoms with Crippen LogP contribution >= 0.6 is 0 Å². The number of rotatable bonds is 4. The Bertz CT molecular complexity index is 965. The summed E-state index contributed by atoms with van der Waals surface area (Å²) in [6.07, 6.45) is 2.62. The number of hydrogen-bond acceptors (Lipinski definition) is 4. The highest BCUT2D eigenvalue weighted by atomic mass is 32.2. The molecule has 0 heterocycles. The van der Waals surface area contributed by atoms with Crippen LogP contribution in [0.15, 0.2) is 47.4 Å². The Morgan fingerprint density at radius 2 is 1.81 bits per heavy atom. The van der Waals surface area contributed by atoms with E-state index in [0.29, 0.717) is 36.8 Å². The zero-order valence-corrected chi connectivity index (χ0v) is 16.0. The van der Waals surface area contributed by atoms with E-state index in [9.17, 15) is 17.9 Å². The predicted molar refractivity (Wildman–Crippen MR) is 101 cm³/mol. The summed E-state index contributed by atoms with van der Waals surface area (Å²) in [6.45, 7) is 1.79. The Morgan fingerprint density at radius 3 is 2.37 bits per heavy atom. The van der Waals surface area contributed by atoms with Gasteiger partial charge in [0.15, 0.2) is 9.84 Å². The highest BCUT2D eigenvalue weighted by molar-refractivity contribution is 7.91. The molecule has 0 unspecified atom stereocenters. The van der Waals surface area contributed by atoms with E-state index in [1.807, 2.05) is 6.07 Å². The van der Waals surface area contributed by atoms with Gasteiger partial charge in [-0.1, -0.05) is 18.2 Å². The van der Waals surface area contributed by atoms with Crippen molar-refractivity contribution in [3.05, 3.63) is 53.8 Å². The molecular weight excluding hydrogens is 365 g/mol. The third kappa shape index (κ3) is 4.55. The Kier molecular flexibility index (Phi) is 5.36. The van der Waals surface area contributed by atoms with Gasteiger partial charge in [0.1, 0.15) is 5.82 Å². The molecule has 1 N–H and O–H groups in total. The molecule has 1 saturated carbocycles. The van der Waals surface area contributed by atoms with Crippen LogP contribution in [0.4, 0.5) is 4.39 Å². The van der Waals surface area contributed by atoms with Crippen LogP contribution in [-0.2, 0) is 9.84 Å². The summed E-state index contributed by atoms with van der Waals surface area (Å²) in [5, 5.41) is 18.8. The Labute approximate surface area is 159 Å². The quantitative estimate of drug-likeness (QED) is 0.857. The van der Waals surface area contributed by atoms with Crippen molar-refractivity contribution >= 4 is 9.84 Å². The van der Waals surface area contributed by atoms with Crippen molar-refractivity contribution < 1.29 is 17.9 Å². The number of nitrogens with zero attached hydrogens (tertiary/aromatic N) is 1. The molecule has 142 valence electrons. The monoisotopic (exact) mass is 387 g/mol. The minimum Gasteiger partial charge on any atom is -0.390 e. The van der Waals surface area contributed by atoms with Crippen LogP contribution in [-0.4, -0.2) is 24.9 Å². The van der Waals surface area contributed by atoms with Crippen molar-refractivity contribution in [1.82, 2.24) is 0 Å². The van der Waals surface area contributed by atoms with E-state index in [2.05, 4.69) is 0 Å². The number of benzene rings is 2. The molecule has 0 atom stereocenters. The largest absolute Gasteiger partial charge is 0.390 e. The summed E-state index contributed by atoms with van der Waals surface area (Å²) < 4.78 is 39.5. The minimum atomic E-state index is -3.44. The minimum absolute atomic E-state index is 0.0471. The molecule has 0 bridgehead atoms. The molecule has 4 nitrogen and oxygen atoms in total. The van der Waals surface area contributed by atoms with Crippen LogP contribution < -0.4 is 0 Å². The zero-order chi connectivity index (χ0) is 19.7. The second-order valence-corrected chi connectivity index (χ2v) is 9.59. The highest BCUT2D eigenvalue weighted by Gasteiger charge is 2.31. The van der Waals surface area contributed by atoms with Gasteiger partial charge in [0.25, 0.3) is 0 Å². The molecule has 6 heteroatoms. The van der Waals surface area contributed by atoms with Gasteiger partial charge in [-0.15, -0.1) is 0 Å². The average molecular weight is 387 g/mol. The van der Waals surface area contributed by atoms with E-state index >= 15 is 0 Å². The summed E-state index contributed by atoms with van der Waals surface area (Å²) in [5.74, 6) is -0.405. The molecule has 0 radical (unpaired) electrons. The lowest BCUT2D eigenvalue weighted by molar-refractivity contribution is 0.0108. The van der Waals surface area contributed by atoms with E-state index in [1.165, 1.54) is 24.3 Å². The lowest BCUT2D eigenvalue weighted by Crippen LogP contribution is -2.32. The van der Waals surface area contributed by atoms with Gasteiger partial charge in [-0.05, 0) is 68.4 Å². The number of nitriles is 1. The van der Waals surface area contributed by atoms with Gasteiger partial charge >= 0.3 is 0 Å². The zero-order valence-electron chi connectivity index (χ0n) is 15.2. The number of sulfone groups is 1. The van der Waals surface area contributed by atoms with E-state index in [4.69, 9.17) is 5.26 Å². The smallest absolute Gasteiger partial charge is 0.178 e. The molecule has 0 aliphatic heterocycles. The predicted octanol–water partition coefficient (Wildman–Crippen LogP) is 4.08. The van der Waals surface area contributed by atoms with Crippen LogP contribution in [0.1, 0.15) is 38.2 Å². The Hall–Kier alpha value is -2.23. The van der Waals surface area contributed by atoms with Crippen LogP contribution in [0, 0.1) is 23.1 Å². The van der Waals surface area contributed by atoms with Crippen molar-refractivity contribution in [2.45, 2.75) is 43.1 Å². The first-order valence-electron chi connectivity index (χ1n) is 8.95. The van der Waals surface area contributed by atoms with Gasteiger partial charge < -0.3 is 5.11 Å². The standard InChI is InChI=1S/C21H22FNO3S/c1-21(24)10-8-15(9-11-21)14-27(25,26)18-5-3-17(4-6-18)19-7-2-16(13-23)12-20(19)22/h2-7,12,15,24H,8-11,14H2,1H3. The maximum absolute atomic E-state index is 14.1. The summed E-state index contributed by atoms with van der Waals surface area (Å²) >= 11 is 0. The average Bonchev–Trinajstić information content (AvgIpc) is 2.63. The molecule has 0 aromatic heterocycles. The molecule has 1 aliphatic carbocycles. The van der Waals surface area contributed by atoms with Crippen LogP contribution in [0.5, 0.6) is 0 Å². The van der Waals surface area contributed by atoms with E-state index in [1.54, 1.807) is 19.1 Å². The summed E-state index contributed by atoms with van der Waals surface area (Å²) in [7, 11) is -3.44. The summed E-state index contributed by atoms with van der Waals surface area (Å²) in [6, 6.07) is 12.3. The molecule has 1 fully saturated rings. The SMILES string of the molecule is CC1(O)CCC(CS(=O)(=O)c2ccc(-c3ccc(C#N)cc3F)cc2)CC1. The van der Waals surface area contributed by atoms with E-state index < -0.39 is 21.3 Å². The topological polar surface area (TPSA) is 78.2 Å². The van der Waals surface area contributed by atoms with Gasteiger partial charge in [-0.2, -0.15) is 5.26 Å². The van der Waals surface area contributed by atoms with Crippen molar-refractivity contribution in [3.8, 4) is 17.2 Å². The molecule has 27 heavy (non-hydrogen) atoms. The maximum atomic E-state index is 14.1. The fraction of sp³-hybridized carbons (Fsp3) is 0.381. The van der Waals surface area contributed by atoms with Crippen molar-refractivity contribution in [2.24, 2.45) is 5.92 Å². The van der Waals surface area contributed by atoms with Crippen molar-refractivity contribution in [3.63, 3.8) is 0 Å². The van der Waals surface area contributed by atoms with E-state index in [0.717, 1.165) is 6.07 Å². The number of aliphatic hydroxyl groups is 1.